The molecule has 0 bridgehead atoms. The lowest BCUT2D eigenvalue weighted by atomic mass is 10.1. The molecule has 1 unspecified atom stereocenters. The van der Waals surface area contributed by atoms with Crippen LogP contribution in [0.1, 0.15) is 43.8 Å². The van der Waals surface area contributed by atoms with Crippen LogP contribution >= 0.6 is 0 Å². The molecule has 4 heterocycles. The van der Waals surface area contributed by atoms with Crippen LogP contribution in [0.5, 0.6) is 0 Å². The Morgan fingerprint density at radius 1 is 1.16 bits per heavy atom. The van der Waals surface area contributed by atoms with Gasteiger partial charge >= 0.3 is 0 Å². The van der Waals surface area contributed by atoms with Gasteiger partial charge in [0.25, 0.3) is 0 Å². The maximum absolute atomic E-state index is 9.99. The van der Waals surface area contributed by atoms with Gasteiger partial charge in [-0.2, -0.15) is 0 Å². The van der Waals surface area contributed by atoms with Gasteiger partial charge in [0, 0.05) is 55.9 Å². The molecule has 9 heteroatoms. The van der Waals surface area contributed by atoms with Crippen LogP contribution in [0.15, 0.2) is 24.4 Å². The van der Waals surface area contributed by atoms with Crippen molar-refractivity contribution in [3.8, 4) is 0 Å². The standard InChI is InChI=1S/C23H32N8O/c1-14(2)26-22-21-17(11-19(28-22)15(3)32)12-25-23(30-21)29-20-6-5-16-13-31(10-8-24-4)9-7-18(16)27-20/h5-6,11-12,14-15,24,32H,7-10,13H2,1-4H3,(H,26,28)(H,25,27,29,30). The number of nitrogens with one attached hydrogen (secondary N) is 3. The van der Waals surface area contributed by atoms with Gasteiger partial charge < -0.3 is 21.1 Å². The molecule has 1 atom stereocenters. The third kappa shape index (κ3) is 5.12. The minimum absolute atomic E-state index is 0.177. The summed E-state index contributed by atoms with van der Waals surface area (Å²) in [7, 11) is 1.98. The van der Waals surface area contributed by atoms with Gasteiger partial charge in [-0.05, 0) is 45.5 Å². The van der Waals surface area contributed by atoms with Crippen molar-refractivity contribution in [3.63, 3.8) is 0 Å². The number of aliphatic hydroxyl groups excluding tert-OH is 1. The predicted octanol–water partition coefficient (Wildman–Crippen LogP) is 2.61. The van der Waals surface area contributed by atoms with Crippen LogP contribution in [0.25, 0.3) is 10.9 Å². The van der Waals surface area contributed by atoms with Gasteiger partial charge in [0.05, 0.1) is 11.8 Å². The second-order valence-corrected chi connectivity index (χ2v) is 8.56. The molecule has 0 saturated heterocycles. The largest absolute Gasteiger partial charge is 0.387 e. The number of pyridine rings is 2. The number of nitrogens with zero attached hydrogens (tertiary/aromatic N) is 5. The Kier molecular flexibility index (Phi) is 6.78. The van der Waals surface area contributed by atoms with Gasteiger partial charge in [-0.1, -0.05) is 6.07 Å². The molecule has 0 amide bonds. The second kappa shape index (κ2) is 9.72. The van der Waals surface area contributed by atoms with Crippen molar-refractivity contribution in [2.75, 3.05) is 37.3 Å². The number of aliphatic hydroxyl groups is 1. The van der Waals surface area contributed by atoms with Gasteiger partial charge in [-0.3, -0.25) is 4.90 Å². The third-order valence-corrected chi connectivity index (χ3v) is 5.48. The summed E-state index contributed by atoms with van der Waals surface area (Å²) in [5, 5.41) is 20.6. The van der Waals surface area contributed by atoms with E-state index in [2.05, 4.69) is 36.9 Å². The SMILES string of the molecule is CNCCN1CCc2nc(Nc3ncc4cc(C(C)O)nc(NC(C)C)c4n3)ccc2C1. The van der Waals surface area contributed by atoms with Crippen LogP contribution in [-0.2, 0) is 13.0 Å². The van der Waals surface area contributed by atoms with E-state index in [0.29, 0.717) is 23.0 Å². The summed E-state index contributed by atoms with van der Waals surface area (Å²) in [4.78, 5) is 21.0. The van der Waals surface area contributed by atoms with E-state index in [0.717, 1.165) is 49.5 Å². The van der Waals surface area contributed by atoms with E-state index in [1.807, 2.05) is 33.0 Å². The van der Waals surface area contributed by atoms with Crippen molar-refractivity contribution in [3.05, 3.63) is 41.3 Å². The van der Waals surface area contributed by atoms with E-state index >= 15 is 0 Å². The number of hydrogen-bond acceptors (Lipinski definition) is 9. The van der Waals surface area contributed by atoms with Crippen LogP contribution in [-0.4, -0.2) is 62.7 Å². The summed E-state index contributed by atoms with van der Waals surface area (Å²) in [6, 6.07) is 6.12. The molecule has 170 valence electrons. The van der Waals surface area contributed by atoms with E-state index in [4.69, 9.17) is 9.97 Å². The number of aromatic nitrogens is 4. The van der Waals surface area contributed by atoms with Gasteiger partial charge in [0.1, 0.15) is 11.3 Å². The molecule has 0 saturated carbocycles. The van der Waals surface area contributed by atoms with Crippen LogP contribution < -0.4 is 16.0 Å². The lowest BCUT2D eigenvalue weighted by Gasteiger charge is -2.28. The molecular weight excluding hydrogens is 404 g/mol. The van der Waals surface area contributed by atoms with E-state index in [1.165, 1.54) is 5.56 Å². The summed E-state index contributed by atoms with van der Waals surface area (Å²) in [5.41, 5.74) is 3.70. The van der Waals surface area contributed by atoms with Gasteiger partial charge in [-0.25, -0.2) is 19.9 Å². The molecule has 32 heavy (non-hydrogen) atoms. The molecular formula is C23H32N8O. The maximum atomic E-state index is 9.99. The normalized spacial score (nSPS) is 15.1. The summed E-state index contributed by atoms with van der Waals surface area (Å²) in [6.07, 6.45) is 2.02. The zero-order valence-corrected chi connectivity index (χ0v) is 19.2. The highest BCUT2D eigenvalue weighted by atomic mass is 16.3. The predicted molar refractivity (Wildman–Crippen MR) is 127 cm³/mol. The monoisotopic (exact) mass is 436 g/mol. The highest BCUT2D eigenvalue weighted by Crippen LogP contribution is 2.26. The summed E-state index contributed by atoms with van der Waals surface area (Å²) in [5.74, 6) is 1.84. The molecule has 3 aromatic rings. The van der Waals surface area contributed by atoms with Gasteiger partial charge in [-0.15, -0.1) is 0 Å². The zero-order valence-electron chi connectivity index (χ0n) is 19.2. The van der Waals surface area contributed by atoms with Crippen molar-refractivity contribution < 1.29 is 5.11 Å². The van der Waals surface area contributed by atoms with E-state index in [9.17, 15) is 5.11 Å². The van der Waals surface area contributed by atoms with Crippen molar-refractivity contribution in [2.45, 2.75) is 45.9 Å². The number of rotatable bonds is 8. The number of hydrogen-bond donors (Lipinski definition) is 4. The van der Waals surface area contributed by atoms with Crippen LogP contribution in [0.3, 0.4) is 0 Å². The first-order chi connectivity index (χ1) is 15.4. The molecule has 0 fully saturated rings. The molecule has 9 nitrogen and oxygen atoms in total. The number of fused-ring (bicyclic) bond motifs is 2. The molecule has 0 spiro atoms. The maximum Gasteiger partial charge on any atom is 0.229 e. The average molecular weight is 437 g/mol. The average Bonchev–Trinajstić information content (AvgIpc) is 2.77. The highest BCUT2D eigenvalue weighted by molar-refractivity contribution is 5.89. The Balaban J connectivity index is 1.57. The van der Waals surface area contributed by atoms with Crippen molar-refractivity contribution >= 4 is 28.5 Å². The molecule has 1 aliphatic heterocycles. The third-order valence-electron chi connectivity index (χ3n) is 5.48. The molecule has 1 aliphatic rings. The Bertz CT molecular complexity index is 1090. The first-order valence-electron chi connectivity index (χ1n) is 11.2. The Morgan fingerprint density at radius 3 is 2.75 bits per heavy atom. The van der Waals surface area contributed by atoms with Crippen molar-refractivity contribution in [1.82, 2.24) is 30.2 Å². The molecule has 0 radical (unpaired) electrons. The Morgan fingerprint density at radius 2 is 2.00 bits per heavy atom. The van der Waals surface area contributed by atoms with E-state index in [1.54, 1.807) is 13.1 Å². The summed E-state index contributed by atoms with van der Waals surface area (Å²) < 4.78 is 0. The second-order valence-electron chi connectivity index (χ2n) is 8.56. The first kappa shape index (κ1) is 22.3. The highest BCUT2D eigenvalue weighted by Gasteiger charge is 2.18. The van der Waals surface area contributed by atoms with Crippen molar-refractivity contribution in [1.29, 1.82) is 0 Å². The first-order valence-corrected chi connectivity index (χ1v) is 11.2. The Hall–Kier alpha value is -2.88. The van der Waals surface area contributed by atoms with Gasteiger partial charge in [0.15, 0.2) is 5.82 Å². The number of likely N-dealkylation sites (N-methyl/N-ethyl adjacent to an activating group) is 1. The minimum atomic E-state index is -0.668. The van der Waals surface area contributed by atoms with Crippen LogP contribution in [0.2, 0.25) is 0 Å². The minimum Gasteiger partial charge on any atom is -0.387 e. The zero-order chi connectivity index (χ0) is 22.7. The fourth-order valence-electron chi connectivity index (χ4n) is 3.83. The number of anilines is 3. The van der Waals surface area contributed by atoms with Crippen LogP contribution in [0, 0.1) is 0 Å². The van der Waals surface area contributed by atoms with Crippen LogP contribution in [0.4, 0.5) is 17.6 Å². The fraction of sp³-hybridized carbons (Fsp3) is 0.478. The van der Waals surface area contributed by atoms with E-state index in [-0.39, 0.29) is 6.04 Å². The quantitative estimate of drug-likeness (QED) is 0.423. The fourth-order valence-corrected chi connectivity index (χ4v) is 3.83. The molecule has 3 aromatic heterocycles. The van der Waals surface area contributed by atoms with Gasteiger partial charge in [0.2, 0.25) is 5.95 Å². The molecule has 0 aromatic carbocycles. The lowest BCUT2D eigenvalue weighted by Crippen LogP contribution is -2.35. The lowest BCUT2D eigenvalue weighted by molar-refractivity contribution is 0.194. The smallest absolute Gasteiger partial charge is 0.229 e. The summed E-state index contributed by atoms with van der Waals surface area (Å²) in [6.45, 7) is 9.75. The Labute approximate surface area is 188 Å². The van der Waals surface area contributed by atoms with Crippen molar-refractivity contribution in [2.24, 2.45) is 0 Å². The molecule has 0 aliphatic carbocycles. The van der Waals surface area contributed by atoms with E-state index < -0.39 is 6.10 Å². The topological polar surface area (TPSA) is 111 Å². The molecule has 4 rings (SSSR count). The summed E-state index contributed by atoms with van der Waals surface area (Å²) >= 11 is 0. The molecule has 4 N–H and O–H groups in total.